The van der Waals surface area contributed by atoms with Gasteiger partial charge in [-0.2, -0.15) is 0 Å². The average molecular weight is 1960 g/mol. The molecule has 15 atom stereocenters. The van der Waals surface area contributed by atoms with Crippen molar-refractivity contribution in [2.45, 2.75) is 310 Å². The summed E-state index contributed by atoms with van der Waals surface area (Å²) in [6.07, 6.45) is 2.72. The van der Waals surface area contributed by atoms with E-state index in [1.165, 1.54) is 0 Å². The zero-order chi connectivity index (χ0) is 105. The first-order chi connectivity index (χ1) is 65.3. The molecule has 2 aromatic rings. The van der Waals surface area contributed by atoms with E-state index in [-0.39, 0.29) is 178 Å². The van der Waals surface area contributed by atoms with Crippen LogP contribution in [0.15, 0.2) is 30.5 Å². The molecule has 784 valence electrons. The SMILES string of the molecule is CC(C)C[C@H](NC(=O)[C@H](CCCCN)NC(=O)[C@H](CC(C)C)NC(=O)[C@@H](NC(=O)[C@H](CCCNC(=N)N)NC(=O)[C@H](CCCNC(=N)N)NC(=O)[C@@H](NC(=O)[C@H](Cc1c[nH]c2ccccc12)NC(=O)[C@H](CCCCN)NC(=O)[C@H](CCCNC(=N)N)NC(=O)[C@@H](NC(=O)[C@H](CCCNC(=N)N)NC(=O)[C@H](CCCNC(=N)N)NC(=O)[C@@H](N)C(C)C)C(C)C)C(C)C)C(C)C)C(=O)N[C@H](C(N)=O)C(C)C. The van der Waals surface area contributed by atoms with E-state index in [2.05, 4.69) is 106 Å². The molecule has 0 aliphatic heterocycles. The Bertz CT molecular complexity index is 4350. The van der Waals surface area contributed by atoms with Gasteiger partial charge in [0.05, 0.1) is 6.04 Å². The van der Waals surface area contributed by atoms with Crippen molar-refractivity contribution < 1.29 is 71.9 Å². The summed E-state index contributed by atoms with van der Waals surface area (Å²) in [5.41, 5.74) is 52.7. The third kappa shape index (κ3) is 47.3. The molecule has 49 nitrogen and oxygen atoms in total. The van der Waals surface area contributed by atoms with Crippen LogP contribution in [0.5, 0.6) is 0 Å². The van der Waals surface area contributed by atoms with Gasteiger partial charge >= 0.3 is 0 Å². The fraction of sp³-hybridized carbons (Fsp3) is 0.689. The fourth-order valence-corrected chi connectivity index (χ4v) is 14.8. The third-order valence-corrected chi connectivity index (χ3v) is 22.7. The summed E-state index contributed by atoms with van der Waals surface area (Å²) in [4.78, 5) is 221. The van der Waals surface area contributed by atoms with E-state index in [0.29, 0.717) is 35.7 Å². The number of nitrogens with two attached hydrogens (primary N) is 9. The van der Waals surface area contributed by atoms with Crippen LogP contribution in [0.3, 0.4) is 0 Å². The number of primary amides is 1. The predicted molar refractivity (Wildman–Crippen MR) is 531 cm³/mol. The molecule has 0 radical (unpaired) electrons. The zero-order valence-electron chi connectivity index (χ0n) is 83.3. The molecular weight excluding hydrogens is 1800 g/mol. The van der Waals surface area contributed by atoms with E-state index in [1.54, 1.807) is 114 Å². The highest BCUT2D eigenvalue weighted by Crippen LogP contribution is 2.22. The van der Waals surface area contributed by atoms with Gasteiger partial charge in [-0.05, 0) is 182 Å². The first kappa shape index (κ1) is 122. The van der Waals surface area contributed by atoms with Gasteiger partial charge in [-0.25, -0.2) is 0 Å². The van der Waals surface area contributed by atoms with Crippen LogP contribution in [-0.4, -0.2) is 260 Å². The summed E-state index contributed by atoms with van der Waals surface area (Å²) in [7, 11) is 0. The Kier molecular flexibility index (Phi) is 56.4. The van der Waals surface area contributed by atoms with Crippen molar-refractivity contribution in [1.82, 2.24) is 106 Å². The van der Waals surface area contributed by atoms with Gasteiger partial charge in [-0.3, -0.25) is 99.0 Å². The Hall–Kier alpha value is -13.0. The normalized spacial score (nSPS) is 14.6. The summed E-state index contributed by atoms with van der Waals surface area (Å²) in [6, 6.07) is -13.4. The summed E-state index contributed by atoms with van der Waals surface area (Å²) >= 11 is 0. The molecule has 0 unspecified atom stereocenters. The quantitative estimate of drug-likeness (QED) is 0.0168. The number of rotatable bonds is 68. The smallest absolute Gasteiger partial charge is 0.243 e. The fourth-order valence-electron chi connectivity index (χ4n) is 14.8. The number of nitrogens with one attached hydrogen (secondary N) is 25. The Balaban J connectivity index is 2.79. The van der Waals surface area contributed by atoms with Crippen LogP contribution in [-0.2, 0) is 78.3 Å². The lowest BCUT2D eigenvalue weighted by molar-refractivity contribution is -0.137. The molecular formula is C90H164N34O15. The predicted octanol–water partition coefficient (Wildman–Crippen LogP) is -4.74. The van der Waals surface area contributed by atoms with Crippen molar-refractivity contribution >= 4 is 129 Å². The number of aromatic nitrogens is 1. The highest BCUT2D eigenvalue weighted by molar-refractivity contribution is 6.01. The maximum absolute atomic E-state index is 15.4. The molecule has 2 rings (SSSR count). The lowest BCUT2D eigenvalue weighted by Crippen LogP contribution is -2.62. The number of para-hydroxylation sites is 1. The molecule has 0 fully saturated rings. The van der Waals surface area contributed by atoms with E-state index in [9.17, 15) is 47.9 Å². The second-order valence-electron chi connectivity index (χ2n) is 37.5. The minimum atomic E-state index is -1.57. The standard InChI is InChI=1S/C90H164N34O15/c1-46(2)42-63(79(133)114-57(29-18-20-36-92)75(129)118-64(43-47(3)4)80(134)121-67(49(7)8)71(94)125)120-85(139)70(52(13)14)123-78(132)62(34-25-41-109-90(103)104)113-74(128)60(32-23-39-107-88(99)100)117-84(138)69(51(11)12)124-81(135)65(44-53-45-110-55-27-16-15-26-54(53)55)119-76(130)56(28-17-19-35-91)111-73(127)59(31-22-38-106-87(97)98)116-83(137)68(50(9)10)122-77(131)61(33-24-40-108-89(101)102)112-72(126)58(30-21-37-105-86(95)96)115-82(136)66(93)48(5)6/h15-16,26-27,45-52,56-70,110H,17-25,28-44,91-93H2,1-14H3,(H2,94,125)(H,111,127)(H,112,126)(H,113,128)(H,114,133)(H,115,136)(H,116,137)(H,117,138)(H,118,129)(H,119,130)(H,120,139)(H,121,134)(H,122,131)(H,123,132)(H,124,135)(H4,95,96,105)(H4,97,98,106)(H4,99,100,107)(H4,101,102,108)(H4,103,104,109)/t56-,57-,58-,59-,60-,61-,62-,63-,64-,65-,66-,67-,68-,69-,70-/m0/s1. The maximum Gasteiger partial charge on any atom is 0.243 e. The molecule has 0 aliphatic rings. The van der Waals surface area contributed by atoms with Gasteiger partial charge in [0.2, 0.25) is 88.6 Å². The number of aromatic amines is 1. The molecule has 1 aromatic heterocycles. The number of hydrogen-bond acceptors (Lipinski definition) is 23. The molecule has 0 spiro atoms. The van der Waals surface area contributed by atoms with Crippen molar-refractivity contribution in [3.8, 4) is 0 Å². The number of hydrogen-bond donors (Lipinski definition) is 34. The zero-order valence-corrected chi connectivity index (χ0v) is 83.3. The van der Waals surface area contributed by atoms with E-state index in [1.807, 2.05) is 13.8 Å². The second kappa shape index (κ2) is 64.3. The lowest BCUT2D eigenvalue weighted by atomic mass is 9.98. The average Bonchev–Trinajstić information content (AvgIpc) is 1.21. The van der Waals surface area contributed by atoms with Gasteiger partial charge in [0.25, 0.3) is 0 Å². The van der Waals surface area contributed by atoms with Crippen LogP contribution >= 0.6 is 0 Å². The number of amides is 15. The second-order valence-corrected chi connectivity index (χ2v) is 37.5. The van der Waals surface area contributed by atoms with Crippen LogP contribution in [0.1, 0.15) is 218 Å². The molecule has 43 N–H and O–H groups in total. The van der Waals surface area contributed by atoms with Crippen LogP contribution in [0, 0.1) is 68.5 Å². The topological polar surface area (TPSA) is 854 Å². The number of carbonyl (C=O) groups is 15. The van der Waals surface area contributed by atoms with Crippen LogP contribution in [0.4, 0.5) is 0 Å². The van der Waals surface area contributed by atoms with Crippen LogP contribution in [0.2, 0.25) is 0 Å². The molecule has 1 heterocycles. The van der Waals surface area contributed by atoms with Crippen molar-refractivity contribution in [3.63, 3.8) is 0 Å². The Morgan fingerprint density at radius 2 is 0.525 bits per heavy atom. The monoisotopic (exact) mass is 1960 g/mol. The van der Waals surface area contributed by atoms with Crippen molar-refractivity contribution in [2.24, 2.45) is 93.0 Å². The Morgan fingerprint density at radius 1 is 0.288 bits per heavy atom. The highest BCUT2D eigenvalue weighted by atomic mass is 16.2. The van der Waals surface area contributed by atoms with E-state index in [0.717, 1.165) is 0 Å². The minimum absolute atomic E-state index is 0.00382. The van der Waals surface area contributed by atoms with Gasteiger partial charge in [-0.15, -0.1) is 0 Å². The Labute approximate surface area is 815 Å². The molecule has 0 saturated heterocycles. The summed E-state index contributed by atoms with van der Waals surface area (Å²) in [5, 5.41) is 90.9. The number of carbonyl (C=O) groups excluding carboxylic acids is 15. The summed E-state index contributed by atoms with van der Waals surface area (Å²) < 4.78 is 0. The van der Waals surface area contributed by atoms with E-state index < -0.39 is 221 Å². The van der Waals surface area contributed by atoms with Gasteiger partial charge < -0.3 is 158 Å². The largest absolute Gasteiger partial charge is 0.370 e. The molecule has 0 bridgehead atoms. The van der Waals surface area contributed by atoms with Gasteiger partial charge in [0.15, 0.2) is 29.8 Å². The number of fused-ring (bicyclic) bond motifs is 1. The molecule has 15 amide bonds. The van der Waals surface area contributed by atoms with Crippen molar-refractivity contribution in [1.29, 1.82) is 27.0 Å². The van der Waals surface area contributed by atoms with Crippen molar-refractivity contribution in [2.75, 3.05) is 45.8 Å². The number of benzene rings is 1. The highest BCUT2D eigenvalue weighted by Gasteiger charge is 2.41. The van der Waals surface area contributed by atoms with Crippen molar-refractivity contribution in [3.05, 3.63) is 36.0 Å². The van der Waals surface area contributed by atoms with Crippen LogP contribution in [0.25, 0.3) is 10.9 Å². The van der Waals surface area contributed by atoms with E-state index >= 15 is 24.0 Å². The number of unbranched alkanes of at least 4 members (excludes halogenated alkanes) is 2. The first-order valence-electron chi connectivity index (χ1n) is 48.0. The van der Waals surface area contributed by atoms with Crippen LogP contribution < -0.4 is 153 Å². The molecule has 0 saturated carbocycles. The lowest BCUT2D eigenvalue weighted by Gasteiger charge is -2.30. The summed E-state index contributed by atoms with van der Waals surface area (Å²) in [5.74, 6) is -17.9. The maximum atomic E-state index is 15.4. The summed E-state index contributed by atoms with van der Waals surface area (Å²) in [6.45, 7) is 24.3. The Morgan fingerprint density at radius 3 is 0.806 bits per heavy atom. The molecule has 1 aromatic carbocycles. The number of guanidine groups is 5. The van der Waals surface area contributed by atoms with Gasteiger partial charge in [0, 0.05) is 56.2 Å². The van der Waals surface area contributed by atoms with Gasteiger partial charge in [0.1, 0.15) is 84.6 Å². The molecule has 139 heavy (non-hydrogen) atoms. The molecule has 49 heteroatoms. The minimum Gasteiger partial charge on any atom is -0.370 e. The first-order valence-corrected chi connectivity index (χ1v) is 48.0. The molecule has 0 aliphatic carbocycles. The number of H-pyrrole nitrogens is 1. The third-order valence-electron chi connectivity index (χ3n) is 22.7. The van der Waals surface area contributed by atoms with E-state index in [4.69, 9.17) is 78.6 Å². The van der Waals surface area contributed by atoms with Gasteiger partial charge in [-0.1, -0.05) is 115 Å².